The predicted molar refractivity (Wildman–Crippen MR) is 75.5 cm³/mol. The Bertz CT molecular complexity index is 404. The minimum Gasteiger partial charge on any atom is -0.396 e. The van der Waals surface area contributed by atoms with E-state index in [-0.39, 0.29) is 12.2 Å². The maximum Gasteiger partial charge on any atom is 0.254 e. The largest absolute Gasteiger partial charge is 0.396 e. The maximum atomic E-state index is 13.5. The van der Waals surface area contributed by atoms with Crippen molar-refractivity contribution < 1.29 is 14.3 Å². The molecule has 0 fully saturated rings. The average Bonchev–Trinajstić information content (AvgIpc) is 2.33. The molecule has 6 heteroatoms. The number of rotatable bonds is 7. The first-order valence-corrected chi connectivity index (χ1v) is 7.51. The third-order valence-electron chi connectivity index (χ3n) is 2.15. The van der Waals surface area contributed by atoms with E-state index in [2.05, 4.69) is 21.2 Å². The summed E-state index contributed by atoms with van der Waals surface area (Å²) in [5.74, 6) is 0.681. The molecule has 0 bridgehead atoms. The molecule has 1 amide bonds. The van der Waals surface area contributed by atoms with Crippen molar-refractivity contribution in [1.29, 1.82) is 0 Å². The molecule has 3 nitrogen and oxygen atoms in total. The number of nitrogens with one attached hydrogen (secondary N) is 1. The molecular weight excluding hydrogens is 321 g/mol. The second-order valence-corrected chi connectivity index (χ2v) is 5.71. The molecule has 0 aliphatic rings. The molecule has 0 unspecified atom stereocenters. The molecule has 0 radical (unpaired) electrons. The highest BCUT2D eigenvalue weighted by Gasteiger charge is 2.10. The summed E-state index contributed by atoms with van der Waals surface area (Å²) in [4.78, 5) is 11.6. The van der Waals surface area contributed by atoms with Gasteiger partial charge in [0.15, 0.2) is 0 Å². The van der Waals surface area contributed by atoms with Crippen molar-refractivity contribution in [1.82, 2.24) is 5.32 Å². The van der Waals surface area contributed by atoms with Crippen molar-refractivity contribution in [3.05, 3.63) is 34.1 Å². The molecular formula is C12H15BrFNO2S. The van der Waals surface area contributed by atoms with Crippen LogP contribution in [0.1, 0.15) is 16.8 Å². The van der Waals surface area contributed by atoms with Gasteiger partial charge in [-0.15, -0.1) is 0 Å². The van der Waals surface area contributed by atoms with Gasteiger partial charge in [0.1, 0.15) is 5.82 Å². The molecule has 1 aromatic rings. The number of carbonyl (C=O) groups is 1. The van der Waals surface area contributed by atoms with Crippen LogP contribution in [0.15, 0.2) is 22.7 Å². The minimum absolute atomic E-state index is 0.0542. The Balaban J connectivity index is 2.32. The molecule has 1 aromatic carbocycles. The van der Waals surface area contributed by atoms with Crippen LogP contribution >= 0.6 is 27.7 Å². The molecule has 0 spiro atoms. The number of benzene rings is 1. The van der Waals surface area contributed by atoms with Crippen LogP contribution in [0.25, 0.3) is 0 Å². The standard InChI is InChI=1S/C12H15BrFNO2S/c13-9-2-3-10(11(14)8-9)12(17)15-4-7-18-6-1-5-16/h2-3,8,16H,1,4-7H2,(H,15,17). The third kappa shape index (κ3) is 5.37. The van der Waals surface area contributed by atoms with Gasteiger partial charge in [-0.25, -0.2) is 4.39 Å². The Labute approximate surface area is 118 Å². The first-order chi connectivity index (χ1) is 8.65. The Kier molecular flexibility index (Phi) is 7.31. The van der Waals surface area contributed by atoms with Gasteiger partial charge >= 0.3 is 0 Å². The van der Waals surface area contributed by atoms with Gasteiger partial charge in [0, 0.05) is 23.4 Å². The van der Waals surface area contributed by atoms with Crippen LogP contribution in [0, 0.1) is 5.82 Å². The normalized spacial score (nSPS) is 10.4. The monoisotopic (exact) mass is 335 g/mol. The maximum absolute atomic E-state index is 13.5. The molecule has 0 atom stereocenters. The molecule has 1 rings (SSSR count). The number of aliphatic hydroxyl groups is 1. The zero-order valence-corrected chi connectivity index (χ0v) is 12.2. The van der Waals surface area contributed by atoms with Crippen LogP contribution in [0.3, 0.4) is 0 Å². The fourth-order valence-corrected chi connectivity index (χ4v) is 2.39. The second kappa shape index (κ2) is 8.50. The van der Waals surface area contributed by atoms with Crippen molar-refractivity contribution in [2.24, 2.45) is 0 Å². The molecule has 18 heavy (non-hydrogen) atoms. The Morgan fingerprint density at radius 1 is 1.44 bits per heavy atom. The van der Waals surface area contributed by atoms with E-state index in [0.717, 1.165) is 17.9 Å². The van der Waals surface area contributed by atoms with Crippen molar-refractivity contribution in [2.45, 2.75) is 6.42 Å². The molecule has 0 aliphatic carbocycles. The van der Waals surface area contributed by atoms with Crippen molar-refractivity contribution in [2.75, 3.05) is 24.7 Å². The topological polar surface area (TPSA) is 49.3 Å². The Morgan fingerprint density at radius 2 is 2.22 bits per heavy atom. The molecule has 0 aliphatic heterocycles. The first-order valence-electron chi connectivity index (χ1n) is 5.57. The zero-order valence-electron chi connectivity index (χ0n) is 9.79. The smallest absolute Gasteiger partial charge is 0.254 e. The number of amides is 1. The highest BCUT2D eigenvalue weighted by molar-refractivity contribution is 9.10. The summed E-state index contributed by atoms with van der Waals surface area (Å²) in [7, 11) is 0. The summed E-state index contributed by atoms with van der Waals surface area (Å²) >= 11 is 4.78. The van der Waals surface area contributed by atoms with E-state index in [1.165, 1.54) is 12.1 Å². The molecule has 0 saturated heterocycles. The van der Waals surface area contributed by atoms with Crippen molar-refractivity contribution in [3.8, 4) is 0 Å². The summed E-state index contributed by atoms with van der Waals surface area (Å²) in [5, 5.41) is 11.2. The summed E-state index contributed by atoms with van der Waals surface area (Å²) in [6, 6.07) is 4.35. The molecule has 2 N–H and O–H groups in total. The van der Waals surface area contributed by atoms with Crippen LogP contribution in [0.2, 0.25) is 0 Å². The highest BCUT2D eigenvalue weighted by atomic mass is 79.9. The predicted octanol–water partition coefficient (Wildman–Crippen LogP) is 2.43. The van der Waals surface area contributed by atoms with Crippen molar-refractivity contribution in [3.63, 3.8) is 0 Å². The number of halogens is 2. The van der Waals surface area contributed by atoms with E-state index >= 15 is 0 Å². The van der Waals surface area contributed by atoms with Crippen LogP contribution in [0.5, 0.6) is 0 Å². The Morgan fingerprint density at radius 3 is 2.89 bits per heavy atom. The highest BCUT2D eigenvalue weighted by Crippen LogP contribution is 2.15. The van der Waals surface area contributed by atoms with Gasteiger partial charge in [0.2, 0.25) is 0 Å². The van der Waals surface area contributed by atoms with E-state index in [4.69, 9.17) is 5.11 Å². The van der Waals surface area contributed by atoms with E-state index in [0.29, 0.717) is 11.0 Å². The SMILES string of the molecule is O=C(NCCSCCCO)c1ccc(Br)cc1F. The lowest BCUT2D eigenvalue weighted by Gasteiger charge is -2.06. The summed E-state index contributed by atoms with van der Waals surface area (Å²) < 4.78 is 14.1. The van der Waals surface area contributed by atoms with E-state index in [1.54, 1.807) is 17.8 Å². The first kappa shape index (κ1) is 15.5. The summed E-state index contributed by atoms with van der Waals surface area (Å²) in [6.07, 6.45) is 0.750. The second-order valence-electron chi connectivity index (χ2n) is 3.57. The summed E-state index contributed by atoms with van der Waals surface area (Å²) in [6.45, 7) is 0.674. The fourth-order valence-electron chi connectivity index (χ4n) is 1.27. The number of hydrogen-bond acceptors (Lipinski definition) is 3. The van der Waals surface area contributed by atoms with E-state index < -0.39 is 11.7 Å². The number of thioether (sulfide) groups is 1. The molecule has 0 heterocycles. The van der Waals surface area contributed by atoms with Gasteiger partial charge in [0.05, 0.1) is 5.56 Å². The lowest BCUT2D eigenvalue weighted by atomic mass is 10.2. The van der Waals surface area contributed by atoms with Crippen LogP contribution in [-0.2, 0) is 0 Å². The van der Waals surface area contributed by atoms with E-state index in [9.17, 15) is 9.18 Å². The number of hydrogen-bond donors (Lipinski definition) is 2. The summed E-state index contributed by atoms with van der Waals surface area (Å²) in [5.41, 5.74) is 0.0542. The van der Waals surface area contributed by atoms with Gasteiger partial charge in [-0.2, -0.15) is 11.8 Å². The third-order valence-corrected chi connectivity index (χ3v) is 3.72. The van der Waals surface area contributed by atoms with Crippen LogP contribution < -0.4 is 5.32 Å². The quantitative estimate of drug-likeness (QED) is 0.752. The van der Waals surface area contributed by atoms with Gasteiger partial charge in [0.25, 0.3) is 5.91 Å². The van der Waals surface area contributed by atoms with Gasteiger partial charge in [-0.3, -0.25) is 4.79 Å². The van der Waals surface area contributed by atoms with Crippen LogP contribution in [0.4, 0.5) is 4.39 Å². The van der Waals surface area contributed by atoms with Gasteiger partial charge < -0.3 is 10.4 Å². The lowest BCUT2D eigenvalue weighted by molar-refractivity contribution is 0.0952. The molecule has 100 valence electrons. The van der Waals surface area contributed by atoms with Crippen molar-refractivity contribution >= 4 is 33.6 Å². The zero-order chi connectivity index (χ0) is 13.4. The lowest BCUT2D eigenvalue weighted by Crippen LogP contribution is -2.26. The molecule has 0 aromatic heterocycles. The van der Waals surface area contributed by atoms with Crippen LogP contribution in [-0.4, -0.2) is 35.7 Å². The average molecular weight is 336 g/mol. The van der Waals surface area contributed by atoms with E-state index in [1.807, 2.05) is 0 Å². The van der Waals surface area contributed by atoms with Gasteiger partial charge in [-0.1, -0.05) is 15.9 Å². The number of aliphatic hydroxyl groups excluding tert-OH is 1. The fraction of sp³-hybridized carbons (Fsp3) is 0.417. The molecule has 0 saturated carbocycles. The minimum atomic E-state index is -0.533. The number of carbonyl (C=O) groups excluding carboxylic acids is 1. The Hall–Kier alpha value is -0.590. The van der Waals surface area contributed by atoms with Gasteiger partial charge in [-0.05, 0) is 30.4 Å².